The van der Waals surface area contributed by atoms with Gasteiger partial charge in [0.15, 0.2) is 5.13 Å². The molecular weight excluding hydrogens is 921 g/mol. The number of carbonyl (C=O) groups is 7. The van der Waals surface area contributed by atoms with E-state index in [1.54, 1.807) is 102 Å². The molecule has 0 spiro atoms. The number of hydrogen-bond donors (Lipinski definition) is 6. The van der Waals surface area contributed by atoms with E-state index in [0.717, 1.165) is 33.6 Å². The number of esters is 1. The third kappa shape index (κ3) is 20.4. The third-order valence-electron chi connectivity index (χ3n) is 9.68. The Balaban J connectivity index is 1.21. The van der Waals surface area contributed by atoms with Gasteiger partial charge in [0.05, 0.1) is 18.5 Å². The van der Waals surface area contributed by atoms with E-state index in [-0.39, 0.29) is 74.9 Å². The Morgan fingerprint density at radius 1 is 0.600 bits per heavy atom. The Morgan fingerprint density at radius 3 is 1.59 bits per heavy atom. The molecule has 0 unspecified atom stereocenters. The van der Waals surface area contributed by atoms with Crippen LogP contribution in [0.2, 0.25) is 0 Å². The highest BCUT2D eigenvalue weighted by atomic mass is 32.1. The standard InChI is InChI=1S/C50H56N8O11S/c1-34(2)28-52-44(61)41(27-43(60)66-29-35-16-7-3-8-17-35)54-42(59)26-39-33-70-47(53-39)56-45(62)40(55-48(63)67-30-36-18-9-4-10-19-36)24-15-25-51-46(57-49(64)68-31-37-20-11-5-12-21-37)58-50(65)69-32-38-22-13-6-14-23-38/h3-14,16-23,33-34,40-41H,15,24-32H2,1-2H3,(H,52,61)(H,54,59)(H,55,63)(H,53,56,62)(H2,51,57,58,64,65)/t40-,41-/m0/s1. The van der Waals surface area contributed by atoms with Crippen molar-refractivity contribution in [1.82, 2.24) is 31.6 Å². The lowest BCUT2D eigenvalue weighted by Crippen LogP contribution is -2.49. The number of aromatic nitrogens is 1. The molecule has 19 nitrogen and oxygen atoms in total. The first-order valence-corrected chi connectivity index (χ1v) is 23.3. The molecule has 0 aliphatic rings. The van der Waals surface area contributed by atoms with E-state index < -0.39 is 60.5 Å². The summed E-state index contributed by atoms with van der Waals surface area (Å²) < 4.78 is 21.4. The molecular formula is C50H56N8O11S. The van der Waals surface area contributed by atoms with E-state index in [9.17, 15) is 33.6 Å². The molecule has 2 atom stereocenters. The minimum absolute atomic E-state index is 0.00181. The molecule has 0 saturated heterocycles. The zero-order chi connectivity index (χ0) is 49.9. The van der Waals surface area contributed by atoms with E-state index in [1.165, 1.54) is 0 Å². The molecule has 6 N–H and O–H groups in total. The Kier molecular flexibility index (Phi) is 21.8. The number of hydrogen-bond acceptors (Lipinski definition) is 14. The van der Waals surface area contributed by atoms with E-state index in [4.69, 9.17) is 18.9 Å². The van der Waals surface area contributed by atoms with Gasteiger partial charge in [-0.25, -0.2) is 19.4 Å². The molecule has 0 aliphatic heterocycles. The number of nitrogens with zero attached hydrogens (tertiary/aromatic N) is 2. The van der Waals surface area contributed by atoms with Crippen molar-refractivity contribution in [2.75, 3.05) is 18.4 Å². The lowest BCUT2D eigenvalue weighted by atomic mass is 10.1. The molecule has 20 heteroatoms. The summed E-state index contributed by atoms with van der Waals surface area (Å²) in [6.07, 6.45) is -3.27. The van der Waals surface area contributed by atoms with Crippen LogP contribution in [0.3, 0.4) is 0 Å². The van der Waals surface area contributed by atoms with Crippen LogP contribution in [0.1, 0.15) is 61.1 Å². The van der Waals surface area contributed by atoms with Crippen LogP contribution >= 0.6 is 11.3 Å². The van der Waals surface area contributed by atoms with Gasteiger partial charge in [-0.3, -0.25) is 34.8 Å². The molecule has 5 rings (SSSR count). The first-order chi connectivity index (χ1) is 33.9. The monoisotopic (exact) mass is 976 g/mol. The number of alkyl carbamates (subject to hydrolysis) is 3. The smallest absolute Gasteiger partial charge is 0.414 e. The van der Waals surface area contributed by atoms with Crippen molar-refractivity contribution in [3.05, 3.63) is 155 Å². The van der Waals surface area contributed by atoms with Gasteiger partial charge >= 0.3 is 24.2 Å². The Morgan fingerprint density at radius 2 is 1.09 bits per heavy atom. The van der Waals surface area contributed by atoms with E-state index in [1.807, 2.05) is 38.1 Å². The molecule has 4 aromatic carbocycles. The summed E-state index contributed by atoms with van der Waals surface area (Å²) in [6.45, 7) is 3.89. The number of ether oxygens (including phenoxy) is 4. The fraction of sp³-hybridized carbons (Fsp3) is 0.300. The number of aliphatic imine (C=N–C) groups is 1. The van der Waals surface area contributed by atoms with Crippen molar-refractivity contribution in [2.45, 2.75) is 78.0 Å². The predicted octanol–water partition coefficient (Wildman–Crippen LogP) is 6.30. The average molecular weight is 977 g/mol. The maximum absolute atomic E-state index is 13.8. The van der Waals surface area contributed by atoms with Gasteiger partial charge in [-0.1, -0.05) is 135 Å². The van der Waals surface area contributed by atoms with Crippen LogP contribution in [-0.4, -0.2) is 78.1 Å². The lowest BCUT2D eigenvalue weighted by Gasteiger charge is -2.18. The predicted molar refractivity (Wildman–Crippen MR) is 260 cm³/mol. The van der Waals surface area contributed by atoms with Crippen LogP contribution in [0.5, 0.6) is 0 Å². The van der Waals surface area contributed by atoms with E-state index in [0.29, 0.717) is 6.54 Å². The van der Waals surface area contributed by atoms with Gasteiger partial charge < -0.3 is 40.2 Å². The second kappa shape index (κ2) is 28.9. The normalized spacial score (nSPS) is 11.4. The van der Waals surface area contributed by atoms with Gasteiger partial charge in [0.25, 0.3) is 0 Å². The fourth-order valence-corrected chi connectivity index (χ4v) is 6.85. The van der Waals surface area contributed by atoms with Gasteiger partial charge in [0.2, 0.25) is 23.7 Å². The number of benzene rings is 4. The largest absolute Gasteiger partial charge is 0.461 e. The van der Waals surface area contributed by atoms with Crippen molar-refractivity contribution in [2.24, 2.45) is 10.9 Å². The number of amides is 6. The number of nitrogens with one attached hydrogen (secondary N) is 6. The van der Waals surface area contributed by atoms with Gasteiger partial charge in [-0.05, 0) is 41.0 Å². The Hall–Kier alpha value is -8.13. The maximum atomic E-state index is 13.8. The van der Waals surface area contributed by atoms with E-state index >= 15 is 0 Å². The molecule has 0 radical (unpaired) electrons. The molecule has 0 fully saturated rings. The summed E-state index contributed by atoms with van der Waals surface area (Å²) >= 11 is 1.02. The summed E-state index contributed by atoms with van der Waals surface area (Å²) in [5.41, 5.74) is 3.19. The zero-order valence-electron chi connectivity index (χ0n) is 38.7. The summed E-state index contributed by atoms with van der Waals surface area (Å²) in [6, 6.07) is 33.5. The summed E-state index contributed by atoms with van der Waals surface area (Å²) in [7, 11) is 0. The molecule has 368 valence electrons. The maximum Gasteiger partial charge on any atom is 0.414 e. The molecule has 6 amide bonds. The van der Waals surface area contributed by atoms with Crippen LogP contribution < -0.4 is 31.9 Å². The van der Waals surface area contributed by atoms with Gasteiger partial charge in [-0.2, -0.15) is 0 Å². The summed E-state index contributed by atoms with van der Waals surface area (Å²) in [5.74, 6) is -2.69. The zero-order valence-corrected chi connectivity index (χ0v) is 39.5. The SMILES string of the molecule is CC(C)CNC(=O)[C@H](CC(=O)OCc1ccccc1)NC(=O)Cc1csc(NC(=O)[C@H](CCCN=C(NC(=O)OCc2ccccc2)NC(=O)OCc2ccccc2)NC(=O)OCc2ccccc2)n1. The topological polar surface area (TPSA) is 254 Å². The van der Waals surface area contributed by atoms with Crippen LogP contribution in [0, 0.1) is 5.92 Å². The van der Waals surface area contributed by atoms with Crippen LogP contribution in [0.15, 0.2) is 132 Å². The molecule has 0 aliphatic carbocycles. The highest BCUT2D eigenvalue weighted by molar-refractivity contribution is 7.14. The molecule has 70 heavy (non-hydrogen) atoms. The highest BCUT2D eigenvalue weighted by Gasteiger charge is 2.26. The minimum Gasteiger partial charge on any atom is -0.461 e. The fourth-order valence-electron chi connectivity index (χ4n) is 6.13. The second-order valence-electron chi connectivity index (χ2n) is 15.9. The third-order valence-corrected chi connectivity index (χ3v) is 10.5. The van der Waals surface area contributed by atoms with Crippen molar-refractivity contribution in [3.8, 4) is 0 Å². The lowest BCUT2D eigenvalue weighted by molar-refractivity contribution is -0.147. The summed E-state index contributed by atoms with van der Waals surface area (Å²) in [5, 5.41) is 17.1. The van der Waals surface area contributed by atoms with Crippen molar-refractivity contribution < 1.29 is 52.5 Å². The van der Waals surface area contributed by atoms with Gasteiger partial charge in [0, 0.05) is 18.5 Å². The van der Waals surface area contributed by atoms with Crippen LogP contribution in [-0.2, 0) is 71.0 Å². The first kappa shape index (κ1) is 52.8. The summed E-state index contributed by atoms with van der Waals surface area (Å²) in [4.78, 5) is 100. The van der Waals surface area contributed by atoms with Crippen molar-refractivity contribution in [3.63, 3.8) is 0 Å². The molecule has 5 aromatic rings. The number of anilines is 1. The minimum atomic E-state index is -1.23. The first-order valence-electron chi connectivity index (χ1n) is 22.4. The second-order valence-corrected chi connectivity index (χ2v) is 16.8. The highest BCUT2D eigenvalue weighted by Crippen LogP contribution is 2.17. The Labute approximate surface area is 409 Å². The average Bonchev–Trinajstić information content (AvgIpc) is 3.80. The number of carbonyl (C=O) groups excluding carboxylic acids is 7. The Bertz CT molecular complexity index is 2440. The van der Waals surface area contributed by atoms with Gasteiger partial charge in [0.1, 0.15) is 38.5 Å². The van der Waals surface area contributed by atoms with Crippen LogP contribution in [0.25, 0.3) is 0 Å². The van der Waals surface area contributed by atoms with Crippen molar-refractivity contribution in [1.29, 1.82) is 0 Å². The molecule has 0 bridgehead atoms. The number of guanidine groups is 1. The van der Waals surface area contributed by atoms with Gasteiger partial charge in [-0.15, -0.1) is 11.3 Å². The van der Waals surface area contributed by atoms with Crippen LogP contribution in [0.4, 0.5) is 19.5 Å². The number of rotatable bonds is 23. The molecule has 1 heterocycles. The van der Waals surface area contributed by atoms with Crippen molar-refractivity contribution >= 4 is 64.4 Å². The number of thiazole rings is 1. The van der Waals surface area contributed by atoms with E-state index in [2.05, 4.69) is 41.9 Å². The quantitative estimate of drug-likeness (QED) is 0.0139. The molecule has 0 saturated carbocycles. The molecule has 1 aromatic heterocycles.